The molecule has 5 heteroatoms. The van der Waals surface area contributed by atoms with Crippen molar-refractivity contribution in [3.63, 3.8) is 0 Å². The van der Waals surface area contributed by atoms with Crippen molar-refractivity contribution in [2.45, 2.75) is 0 Å². The van der Waals surface area contributed by atoms with Gasteiger partial charge in [-0.2, -0.15) is 5.10 Å². The molecule has 0 radical (unpaired) electrons. The summed E-state index contributed by atoms with van der Waals surface area (Å²) in [4.78, 5) is 12.5. The van der Waals surface area contributed by atoms with Crippen LogP contribution in [0.5, 0.6) is 0 Å². The molecule has 3 nitrogen and oxygen atoms in total. The summed E-state index contributed by atoms with van der Waals surface area (Å²) in [6.45, 7) is 0. The summed E-state index contributed by atoms with van der Waals surface area (Å²) in [6, 6.07) is 21.8. The minimum absolute atomic E-state index is 0.210. The van der Waals surface area contributed by atoms with Gasteiger partial charge < -0.3 is 0 Å². The monoisotopic (exact) mass is 384 g/mol. The lowest BCUT2D eigenvalue weighted by atomic mass is 10.0. The fourth-order valence-corrected chi connectivity index (χ4v) is 3.33. The molecular weight excluding hydrogens is 372 g/mol. The number of carbonyl (C=O) groups is 1. The zero-order valence-corrected chi connectivity index (χ0v) is 14.5. The smallest absolute Gasteiger partial charge is 0.266 e. The molecule has 1 amide bonds. The van der Waals surface area contributed by atoms with Gasteiger partial charge in [0.25, 0.3) is 5.91 Å². The molecule has 2 aromatic carbocycles. The average molecular weight is 385 g/mol. The molecule has 114 valence electrons. The fraction of sp³-hybridized carbons (Fsp3) is 0. The molecule has 23 heavy (non-hydrogen) atoms. The van der Waals surface area contributed by atoms with Crippen molar-refractivity contribution in [2.24, 2.45) is 5.10 Å². The van der Waals surface area contributed by atoms with Gasteiger partial charge in [0.2, 0.25) is 0 Å². The van der Waals surface area contributed by atoms with Crippen LogP contribution in [-0.4, -0.2) is 12.1 Å². The van der Waals surface area contributed by atoms with E-state index in [-0.39, 0.29) is 5.91 Å². The molecule has 0 saturated carbocycles. The van der Waals surface area contributed by atoms with E-state index in [1.54, 1.807) is 12.3 Å². The number of hydrazone groups is 1. The Morgan fingerprint density at radius 3 is 2.30 bits per heavy atom. The molecular formula is C18H13BrN2OS. The van der Waals surface area contributed by atoms with Gasteiger partial charge in [-0.3, -0.25) is 4.79 Å². The van der Waals surface area contributed by atoms with Crippen molar-refractivity contribution in [1.82, 2.24) is 5.43 Å². The molecule has 0 aliphatic heterocycles. The van der Waals surface area contributed by atoms with Crippen molar-refractivity contribution in [3.05, 3.63) is 81.0 Å². The first kappa shape index (κ1) is 15.6. The zero-order valence-electron chi connectivity index (χ0n) is 12.1. The minimum atomic E-state index is -0.210. The number of benzene rings is 2. The van der Waals surface area contributed by atoms with Crippen molar-refractivity contribution < 1.29 is 4.79 Å². The standard InChI is InChI=1S/C18H13BrN2OS/c19-17-11-10-16(23-17)18(22)21-20-12-13-6-8-15(9-7-13)14-4-2-1-3-5-14/h1-12H,(H,21,22). The van der Waals surface area contributed by atoms with Crippen LogP contribution in [0.15, 0.2) is 75.6 Å². The Balaban J connectivity index is 1.63. The van der Waals surface area contributed by atoms with E-state index >= 15 is 0 Å². The highest BCUT2D eigenvalue weighted by Gasteiger charge is 2.06. The highest BCUT2D eigenvalue weighted by atomic mass is 79.9. The van der Waals surface area contributed by atoms with Crippen LogP contribution in [0.3, 0.4) is 0 Å². The number of hydrogen-bond acceptors (Lipinski definition) is 3. The van der Waals surface area contributed by atoms with E-state index in [4.69, 9.17) is 0 Å². The second-order valence-electron chi connectivity index (χ2n) is 4.79. The van der Waals surface area contributed by atoms with Crippen LogP contribution in [0.25, 0.3) is 11.1 Å². The summed E-state index contributed by atoms with van der Waals surface area (Å²) in [5.41, 5.74) is 5.78. The summed E-state index contributed by atoms with van der Waals surface area (Å²) in [5, 5.41) is 4.00. The Morgan fingerprint density at radius 2 is 1.65 bits per heavy atom. The predicted molar refractivity (Wildman–Crippen MR) is 99.0 cm³/mol. The Hall–Kier alpha value is -2.24. The molecule has 0 bridgehead atoms. The van der Waals surface area contributed by atoms with Gasteiger partial charge in [-0.05, 0) is 44.8 Å². The van der Waals surface area contributed by atoms with E-state index < -0.39 is 0 Å². The van der Waals surface area contributed by atoms with E-state index in [1.807, 2.05) is 48.5 Å². The largest absolute Gasteiger partial charge is 0.281 e. The molecule has 0 fully saturated rings. The molecule has 1 heterocycles. The first-order valence-corrected chi connectivity index (χ1v) is 8.57. The van der Waals surface area contributed by atoms with Crippen LogP contribution in [0.4, 0.5) is 0 Å². The van der Waals surface area contributed by atoms with Crippen LogP contribution in [0.1, 0.15) is 15.2 Å². The molecule has 1 aromatic heterocycles. The lowest BCUT2D eigenvalue weighted by Crippen LogP contribution is -2.16. The maximum atomic E-state index is 11.9. The van der Waals surface area contributed by atoms with E-state index in [9.17, 15) is 4.79 Å². The minimum Gasteiger partial charge on any atom is -0.266 e. The van der Waals surface area contributed by atoms with E-state index in [2.05, 4.69) is 38.6 Å². The lowest BCUT2D eigenvalue weighted by molar-refractivity contribution is 0.0959. The van der Waals surface area contributed by atoms with Crippen molar-refractivity contribution >= 4 is 39.4 Å². The maximum absolute atomic E-state index is 11.9. The van der Waals surface area contributed by atoms with Gasteiger partial charge >= 0.3 is 0 Å². The fourth-order valence-electron chi connectivity index (χ4n) is 2.05. The van der Waals surface area contributed by atoms with Crippen molar-refractivity contribution in [3.8, 4) is 11.1 Å². The predicted octanol–water partition coefficient (Wildman–Crippen LogP) is 4.94. The second kappa shape index (κ2) is 7.35. The number of rotatable bonds is 4. The quantitative estimate of drug-likeness (QED) is 0.502. The van der Waals surface area contributed by atoms with Gasteiger partial charge in [0.15, 0.2) is 0 Å². The summed E-state index contributed by atoms with van der Waals surface area (Å²) in [6.07, 6.45) is 1.63. The van der Waals surface area contributed by atoms with Gasteiger partial charge in [0, 0.05) is 0 Å². The number of nitrogens with zero attached hydrogens (tertiary/aromatic N) is 1. The highest BCUT2D eigenvalue weighted by Crippen LogP contribution is 2.22. The van der Waals surface area contributed by atoms with Crippen LogP contribution >= 0.6 is 27.3 Å². The second-order valence-corrected chi connectivity index (χ2v) is 7.25. The molecule has 0 atom stereocenters. The maximum Gasteiger partial charge on any atom is 0.281 e. The van der Waals surface area contributed by atoms with Gasteiger partial charge in [-0.15, -0.1) is 11.3 Å². The Kier molecular flexibility index (Phi) is 5.00. The average Bonchev–Trinajstić information content (AvgIpc) is 3.03. The van der Waals surface area contributed by atoms with Crippen LogP contribution in [0, 0.1) is 0 Å². The highest BCUT2D eigenvalue weighted by molar-refractivity contribution is 9.11. The SMILES string of the molecule is O=C(NN=Cc1ccc(-c2ccccc2)cc1)c1ccc(Br)s1. The molecule has 0 saturated heterocycles. The van der Waals surface area contributed by atoms with Crippen LogP contribution in [-0.2, 0) is 0 Å². The first-order valence-electron chi connectivity index (χ1n) is 6.96. The molecule has 3 rings (SSSR count). The summed E-state index contributed by atoms with van der Waals surface area (Å²) in [5.74, 6) is -0.210. The molecule has 0 spiro atoms. The molecule has 3 aromatic rings. The van der Waals surface area contributed by atoms with Gasteiger partial charge in [0.1, 0.15) is 0 Å². The molecule has 0 aliphatic carbocycles. The number of hydrogen-bond donors (Lipinski definition) is 1. The Labute approximate surface area is 146 Å². The molecule has 0 unspecified atom stereocenters. The van der Waals surface area contributed by atoms with Crippen molar-refractivity contribution in [1.29, 1.82) is 0 Å². The van der Waals surface area contributed by atoms with Gasteiger partial charge in [-0.1, -0.05) is 54.6 Å². The third-order valence-corrected chi connectivity index (χ3v) is 4.82. The van der Waals surface area contributed by atoms with E-state index in [0.717, 1.165) is 14.9 Å². The third kappa shape index (κ3) is 4.15. The molecule has 0 aliphatic rings. The number of amides is 1. The number of nitrogens with one attached hydrogen (secondary N) is 1. The van der Waals surface area contributed by atoms with E-state index in [0.29, 0.717) is 4.88 Å². The lowest BCUT2D eigenvalue weighted by Gasteiger charge is -2.01. The third-order valence-electron chi connectivity index (χ3n) is 3.19. The van der Waals surface area contributed by atoms with Crippen LogP contribution < -0.4 is 5.43 Å². The van der Waals surface area contributed by atoms with Crippen LogP contribution in [0.2, 0.25) is 0 Å². The summed E-state index contributed by atoms with van der Waals surface area (Å²) >= 11 is 4.70. The first-order chi connectivity index (χ1) is 11.2. The zero-order chi connectivity index (χ0) is 16.1. The summed E-state index contributed by atoms with van der Waals surface area (Å²) in [7, 11) is 0. The summed E-state index contributed by atoms with van der Waals surface area (Å²) < 4.78 is 0.920. The van der Waals surface area contributed by atoms with Gasteiger partial charge in [-0.25, -0.2) is 5.43 Å². The normalized spacial score (nSPS) is 10.8. The number of halogens is 1. The Bertz CT molecular complexity index is 826. The molecule has 1 N–H and O–H groups in total. The van der Waals surface area contributed by atoms with Crippen molar-refractivity contribution in [2.75, 3.05) is 0 Å². The Morgan fingerprint density at radius 1 is 0.957 bits per heavy atom. The topological polar surface area (TPSA) is 41.5 Å². The number of thiophene rings is 1. The van der Waals surface area contributed by atoms with Gasteiger partial charge in [0.05, 0.1) is 14.9 Å². The number of carbonyl (C=O) groups excluding carboxylic acids is 1. The van der Waals surface area contributed by atoms with E-state index in [1.165, 1.54) is 16.9 Å².